The van der Waals surface area contributed by atoms with Gasteiger partial charge in [-0.05, 0) is 61.1 Å². The van der Waals surface area contributed by atoms with Gasteiger partial charge in [0.15, 0.2) is 0 Å². The zero-order valence-corrected chi connectivity index (χ0v) is 17.4. The van der Waals surface area contributed by atoms with E-state index < -0.39 is 0 Å². The van der Waals surface area contributed by atoms with E-state index in [2.05, 4.69) is 56.4 Å². The van der Waals surface area contributed by atoms with Gasteiger partial charge in [-0.2, -0.15) is 0 Å². The molecule has 1 heteroatoms. The molecule has 0 amide bonds. The number of hydrogen-bond acceptors (Lipinski definition) is 1. The molecule has 1 aliphatic rings. The maximum absolute atomic E-state index is 4.75. The van der Waals surface area contributed by atoms with Gasteiger partial charge in [0.25, 0.3) is 0 Å². The molecular weight excluding hydrogens is 326 g/mol. The minimum absolute atomic E-state index is 0.936. The highest BCUT2D eigenvalue weighted by atomic mass is 14.7. The molecule has 1 aliphatic carbocycles. The van der Waals surface area contributed by atoms with Crippen molar-refractivity contribution in [2.75, 3.05) is 0 Å². The van der Waals surface area contributed by atoms with E-state index in [0.29, 0.717) is 0 Å². The van der Waals surface area contributed by atoms with Crippen molar-refractivity contribution in [3.05, 3.63) is 53.7 Å². The van der Waals surface area contributed by atoms with Crippen molar-refractivity contribution in [1.29, 1.82) is 0 Å². The van der Waals surface area contributed by atoms with Gasteiger partial charge in [0.05, 0.1) is 5.69 Å². The van der Waals surface area contributed by atoms with Gasteiger partial charge < -0.3 is 0 Å². The summed E-state index contributed by atoms with van der Waals surface area (Å²) in [5.41, 5.74) is 5.17. The van der Waals surface area contributed by atoms with Crippen LogP contribution in [0, 0.1) is 11.8 Å². The summed E-state index contributed by atoms with van der Waals surface area (Å²) < 4.78 is 0. The van der Waals surface area contributed by atoms with Crippen LogP contribution >= 0.6 is 0 Å². The van der Waals surface area contributed by atoms with Gasteiger partial charge in [-0.15, -0.1) is 0 Å². The number of rotatable bonds is 9. The number of hydrogen-bond donors (Lipinski definition) is 0. The molecule has 27 heavy (non-hydrogen) atoms. The number of aromatic nitrogens is 1. The Morgan fingerprint density at radius 1 is 0.815 bits per heavy atom. The first-order chi connectivity index (χ1) is 13.3. The maximum atomic E-state index is 4.75. The van der Waals surface area contributed by atoms with E-state index in [9.17, 15) is 0 Å². The van der Waals surface area contributed by atoms with E-state index in [4.69, 9.17) is 4.98 Å². The molecule has 0 bridgehead atoms. The van der Waals surface area contributed by atoms with Crippen molar-refractivity contribution in [2.45, 2.75) is 84.5 Å². The van der Waals surface area contributed by atoms with Crippen LogP contribution in [0.4, 0.5) is 0 Å². The molecule has 1 fully saturated rings. The highest BCUT2D eigenvalue weighted by Gasteiger charge is 2.21. The molecule has 0 N–H and O–H groups in total. The lowest BCUT2D eigenvalue weighted by Crippen LogP contribution is -2.16. The average molecular weight is 364 g/mol. The molecule has 0 saturated heterocycles. The van der Waals surface area contributed by atoms with E-state index >= 15 is 0 Å². The van der Waals surface area contributed by atoms with Crippen LogP contribution in [-0.4, -0.2) is 4.98 Å². The van der Waals surface area contributed by atoms with Crippen LogP contribution < -0.4 is 0 Å². The van der Waals surface area contributed by atoms with Crippen LogP contribution in [-0.2, 0) is 12.8 Å². The molecule has 1 nitrogen and oxygen atoms in total. The fourth-order valence-electron chi connectivity index (χ4n) is 4.67. The number of pyridine rings is 1. The lowest BCUT2D eigenvalue weighted by molar-refractivity contribution is 0.243. The van der Waals surface area contributed by atoms with Crippen LogP contribution in [0.25, 0.3) is 11.3 Å². The Morgan fingerprint density at radius 3 is 2.22 bits per heavy atom. The van der Waals surface area contributed by atoms with Crippen molar-refractivity contribution in [3.63, 3.8) is 0 Å². The van der Waals surface area contributed by atoms with Crippen LogP contribution in [0.2, 0.25) is 0 Å². The standard InChI is InChI=1S/C26H37N/c1-3-5-8-21-13-16-25(17-14-21)26-18-15-24(20-27-26)12-11-23-10-6-9-22(19-23)7-4-2/h13-18,20,22-23H,3-12,19H2,1-2H3. The third-order valence-corrected chi connectivity index (χ3v) is 6.32. The maximum Gasteiger partial charge on any atom is 0.0702 e. The summed E-state index contributed by atoms with van der Waals surface area (Å²) in [6, 6.07) is 13.5. The first-order valence-electron chi connectivity index (χ1n) is 11.3. The predicted molar refractivity (Wildman–Crippen MR) is 117 cm³/mol. The molecule has 0 spiro atoms. The molecule has 0 radical (unpaired) electrons. The molecular formula is C26H37N. The summed E-state index contributed by atoms with van der Waals surface area (Å²) in [5, 5.41) is 0. The molecule has 146 valence electrons. The van der Waals surface area contributed by atoms with Gasteiger partial charge in [-0.1, -0.05) is 82.7 Å². The Hall–Kier alpha value is -1.63. The van der Waals surface area contributed by atoms with Gasteiger partial charge in [-0.3, -0.25) is 4.98 Å². The molecule has 3 rings (SSSR count). The number of benzene rings is 1. The molecule has 0 aliphatic heterocycles. The quantitative estimate of drug-likeness (QED) is 0.446. The summed E-state index contributed by atoms with van der Waals surface area (Å²) in [6.45, 7) is 4.58. The molecule has 2 atom stereocenters. The van der Waals surface area contributed by atoms with E-state index in [1.807, 2.05) is 0 Å². The highest BCUT2D eigenvalue weighted by molar-refractivity contribution is 5.59. The second-order valence-electron chi connectivity index (χ2n) is 8.58. The fourth-order valence-corrected chi connectivity index (χ4v) is 4.67. The van der Waals surface area contributed by atoms with Gasteiger partial charge >= 0.3 is 0 Å². The Balaban J connectivity index is 1.51. The lowest BCUT2D eigenvalue weighted by Gasteiger charge is -2.29. The highest BCUT2D eigenvalue weighted by Crippen LogP contribution is 2.34. The Bertz CT molecular complexity index is 654. The second kappa shape index (κ2) is 10.6. The third-order valence-electron chi connectivity index (χ3n) is 6.32. The topological polar surface area (TPSA) is 12.9 Å². The summed E-state index contributed by atoms with van der Waals surface area (Å²) >= 11 is 0. The van der Waals surface area contributed by atoms with Gasteiger partial charge in [0.2, 0.25) is 0 Å². The normalized spacial score (nSPS) is 19.9. The average Bonchev–Trinajstić information content (AvgIpc) is 2.72. The van der Waals surface area contributed by atoms with E-state index in [1.54, 1.807) is 0 Å². The Morgan fingerprint density at radius 2 is 1.56 bits per heavy atom. The van der Waals surface area contributed by atoms with Crippen molar-refractivity contribution in [1.82, 2.24) is 4.98 Å². The molecule has 2 aromatic rings. The Kier molecular flexibility index (Phi) is 7.93. The van der Waals surface area contributed by atoms with Crippen molar-refractivity contribution < 1.29 is 0 Å². The second-order valence-corrected chi connectivity index (χ2v) is 8.58. The summed E-state index contributed by atoms with van der Waals surface area (Å²) in [5.74, 6) is 1.93. The Labute approximate surface area is 166 Å². The minimum Gasteiger partial charge on any atom is -0.256 e. The molecule has 1 heterocycles. The first-order valence-corrected chi connectivity index (χ1v) is 11.3. The SMILES string of the molecule is CCCCc1ccc(-c2ccc(CCC3CCCC(CCC)C3)cn2)cc1. The zero-order chi connectivity index (χ0) is 18.9. The minimum atomic E-state index is 0.936. The summed E-state index contributed by atoms with van der Waals surface area (Å²) in [6.07, 6.45) is 16.9. The monoisotopic (exact) mass is 363 g/mol. The largest absolute Gasteiger partial charge is 0.256 e. The van der Waals surface area contributed by atoms with Crippen LogP contribution in [0.5, 0.6) is 0 Å². The van der Waals surface area contributed by atoms with E-state index in [1.165, 1.54) is 87.3 Å². The van der Waals surface area contributed by atoms with Crippen molar-refractivity contribution in [2.24, 2.45) is 11.8 Å². The lowest BCUT2D eigenvalue weighted by atomic mass is 9.77. The molecule has 1 aromatic carbocycles. The smallest absolute Gasteiger partial charge is 0.0702 e. The summed E-state index contributed by atoms with van der Waals surface area (Å²) in [4.78, 5) is 4.75. The zero-order valence-electron chi connectivity index (χ0n) is 17.4. The number of unbranched alkanes of at least 4 members (excludes halogenated alkanes) is 1. The molecule has 1 saturated carbocycles. The van der Waals surface area contributed by atoms with E-state index in [-0.39, 0.29) is 0 Å². The van der Waals surface area contributed by atoms with Crippen LogP contribution in [0.3, 0.4) is 0 Å². The van der Waals surface area contributed by atoms with Gasteiger partial charge in [0.1, 0.15) is 0 Å². The van der Waals surface area contributed by atoms with Gasteiger partial charge in [-0.25, -0.2) is 0 Å². The van der Waals surface area contributed by atoms with Crippen molar-refractivity contribution >= 4 is 0 Å². The van der Waals surface area contributed by atoms with Gasteiger partial charge in [0, 0.05) is 11.8 Å². The van der Waals surface area contributed by atoms with Crippen LogP contribution in [0.15, 0.2) is 42.6 Å². The van der Waals surface area contributed by atoms with E-state index in [0.717, 1.165) is 17.5 Å². The summed E-state index contributed by atoms with van der Waals surface area (Å²) in [7, 11) is 0. The predicted octanol–water partition coefficient (Wildman–Crippen LogP) is 7.63. The fraction of sp³-hybridized carbons (Fsp3) is 0.577. The molecule has 2 unspecified atom stereocenters. The number of aryl methyl sites for hydroxylation is 2. The molecule has 1 aromatic heterocycles. The van der Waals surface area contributed by atoms with Crippen LogP contribution in [0.1, 0.15) is 82.8 Å². The first kappa shape index (κ1) is 20.1. The van der Waals surface area contributed by atoms with Crippen molar-refractivity contribution in [3.8, 4) is 11.3 Å². The number of nitrogens with zero attached hydrogens (tertiary/aromatic N) is 1. The third kappa shape index (κ3) is 6.19.